The number of aryl methyl sites for hydroxylation is 2. The maximum absolute atomic E-state index is 11.4. The minimum atomic E-state index is -0.669. The molecule has 1 aliphatic heterocycles. The summed E-state index contributed by atoms with van der Waals surface area (Å²) in [6, 6.07) is 5.30. The van der Waals surface area contributed by atoms with E-state index < -0.39 is 6.10 Å². The fourth-order valence-corrected chi connectivity index (χ4v) is 3.41. The Morgan fingerprint density at radius 3 is 2.92 bits per heavy atom. The first-order chi connectivity index (χ1) is 11.5. The normalized spacial score (nSPS) is 19.3. The average molecular weight is 330 g/mol. The van der Waals surface area contributed by atoms with Crippen molar-refractivity contribution in [3.63, 3.8) is 0 Å². The van der Waals surface area contributed by atoms with Gasteiger partial charge in [-0.05, 0) is 31.4 Å². The van der Waals surface area contributed by atoms with Gasteiger partial charge in [0, 0.05) is 44.5 Å². The number of hydrogen-bond donors (Lipinski definition) is 1. The Labute approximate surface area is 140 Å². The first-order valence-corrected chi connectivity index (χ1v) is 8.12. The summed E-state index contributed by atoms with van der Waals surface area (Å²) >= 11 is 0. The molecule has 2 heterocycles. The van der Waals surface area contributed by atoms with Crippen LogP contribution in [0.25, 0.3) is 0 Å². The number of imidazole rings is 1. The molecule has 1 aromatic heterocycles. The number of rotatable bonds is 4. The second-order valence-corrected chi connectivity index (χ2v) is 6.44. The number of aliphatic hydroxyl groups is 1. The molecule has 1 saturated heterocycles. The van der Waals surface area contributed by atoms with Gasteiger partial charge in [-0.3, -0.25) is 10.1 Å². The molecule has 1 fully saturated rings. The molecule has 2 unspecified atom stereocenters. The highest BCUT2D eigenvalue weighted by molar-refractivity contribution is 5.64. The summed E-state index contributed by atoms with van der Waals surface area (Å²) in [5.41, 5.74) is 1.62. The highest BCUT2D eigenvalue weighted by Crippen LogP contribution is 2.35. The quantitative estimate of drug-likeness (QED) is 0.688. The number of hydrogen-bond acceptors (Lipinski definition) is 5. The molecular weight excluding hydrogens is 308 g/mol. The Morgan fingerprint density at radius 1 is 1.46 bits per heavy atom. The highest BCUT2D eigenvalue weighted by atomic mass is 16.6. The van der Waals surface area contributed by atoms with Crippen LogP contribution in [0.3, 0.4) is 0 Å². The summed E-state index contributed by atoms with van der Waals surface area (Å²) in [5.74, 6) is 0.640. The van der Waals surface area contributed by atoms with Crippen LogP contribution in [0.15, 0.2) is 30.6 Å². The maximum atomic E-state index is 11.4. The van der Waals surface area contributed by atoms with E-state index in [2.05, 4.69) is 4.98 Å². The molecule has 1 aliphatic rings. The maximum Gasteiger partial charge on any atom is 0.292 e. The van der Waals surface area contributed by atoms with Crippen molar-refractivity contribution in [1.29, 1.82) is 0 Å². The van der Waals surface area contributed by atoms with Crippen molar-refractivity contribution in [1.82, 2.24) is 9.55 Å². The number of piperidine rings is 1. The number of nitro benzene ring substituents is 1. The molecule has 7 nitrogen and oxygen atoms in total. The van der Waals surface area contributed by atoms with Gasteiger partial charge in [0.25, 0.3) is 5.69 Å². The van der Waals surface area contributed by atoms with Crippen molar-refractivity contribution in [2.75, 3.05) is 18.0 Å². The molecule has 1 N–H and O–H groups in total. The smallest absolute Gasteiger partial charge is 0.292 e. The van der Waals surface area contributed by atoms with Crippen molar-refractivity contribution in [2.45, 2.75) is 25.9 Å². The first-order valence-electron chi connectivity index (χ1n) is 8.12. The third kappa shape index (κ3) is 3.12. The molecule has 128 valence electrons. The summed E-state index contributed by atoms with van der Waals surface area (Å²) in [4.78, 5) is 17.3. The lowest BCUT2D eigenvalue weighted by molar-refractivity contribution is -0.384. The van der Waals surface area contributed by atoms with E-state index in [9.17, 15) is 15.2 Å². The van der Waals surface area contributed by atoms with E-state index in [1.807, 2.05) is 41.8 Å². The van der Waals surface area contributed by atoms with Crippen molar-refractivity contribution >= 4 is 11.4 Å². The molecule has 2 aromatic rings. The number of aromatic nitrogens is 2. The molecule has 0 spiro atoms. The predicted molar refractivity (Wildman–Crippen MR) is 90.9 cm³/mol. The second-order valence-electron chi connectivity index (χ2n) is 6.44. The minimum Gasteiger partial charge on any atom is -0.385 e. The van der Waals surface area contributed by atoms with Crippen LogP contribution in [0.1, 0.15) is 30.3 Å². The lowest BCUT2D eigenvalue weighted by Gasteiger charge is -2.36. The van der Waals surface area contributed by atoms with Crippen LogP contribution in [0.4, 0.5) is 11.4 Å². The lowest BCUT2D eigenvalue weighted by atomic mass is 9.91. The fourth-order valence-electron chi connectivity index (χ4n) is 3.41. The number of nitro groups is 1. The molecule has 7 heteroatoms. The summed E-state index contributed by atoms with van der Waals surface area (Å²) in [6.45, 7) is 3.19. The Bertz CT molecular complexity index is 743. The van der Waals surface area contributed by atoms with E-state index in [0.29, 0.717) is 18.1 Å². The zero-order chi connectivity index (χ0) is 17.3. The molecule has 0 aliphatic carbocycles. The molecule has 0 saturated carbocycles. The van der Waals surface area contributed by atoms with E-state index >= 15 is 0 Å². The fraction of sp³-hybridized carbons (Fsp3) is 0.471. The van der Waals surface area contributed by atoms with E-state index in [4.69, 9.17) is 0 Å². The van der Waals surface area contributed by atoms with Crippen LogP contribution < -0.4 is 4.90 Å². The Morgan fingerprint density at radius 2 is 2.25 bits per heavy atom. The number of nitrogens with zero attached hydrogens (tertiary/aromatic N) is 4. The molecule has 3 rings (SSSR count). The Balaban J connectivity index is 1.84. The topological polar surface area (TPSA) is 84.4 Å². The van der Waals surface area contributed by atoms with Gasteiger partial charge in [-0.25, -0.2) is 4.98 Å². The van der Waals surface area contributed by atoms with Crippen molar-refractivity contribution in [3.8, 4) is 0 Å². The molecular formula is C17H22N4O3. The van der Waals surface area contributed by atoms with Gasteiger partial charge in [0.15, 0.2) is 0 Å². The largest absolute Gasteiger partial charge is 0.385 e. The Hall–Kier alpha value is -2.41. The predicted octanol–water partition coefficient (Wildman–Crippen LogP) is 2.59. The van der Waals surface area contributed by atoms with Gasteiger partial charge in [0.1, 0.15) is 17.6 Å². The van der Waals surface area contributed by atoms with Crippen LogP contribution >= 0.6 is 0 Å². The van der Waals surface area contributed by atoms with E-state index in [-0.39, 0.29) is 16.5 Å². The van der Waals surface area contributed by atoms with Gasteiger partial charge in [-0.1, -0.05) is 6.07 Å². The second kappa shape index (κ2) is 6.60. The monoisotopic (exact) mass is 330 g/mol. The zero-order valence-corrected chi connectivity index (χ0v) is 13.9. The van der Waals surface area contributed by atoms with E-state index in [1.54, 1.807) is 12.3 Å². The van der Waals surface area contributed by atoms with Gasteiger partial charge < -0.3 is 14.6 Å². The van der Waals surface area contributed by atoms with Gasteiger partial charge in [-0.15, -0.1) is 0 Å². The van der Waals surface area contributed by atoms with Crippen LogP contribution in [0.2, 0.25) is 0 Å². The average Bonchev–Trinajstić information content (AvgIpc) is 3.00. The summed E-state index contributed by atoms with van der Waals surface area (Å²) in [7, 11) is 1.86. The number of aliphatic hydroxyl groups excluding tert-OH is 1. The van der Waals surface area contributed by atoms with Crippen LogP contribution in [-0.4, -0.2) is 32.7 Å². The zero-order valence-electron chi connectivity index (χ0n) is 13.9. The molecule has 2 atom stereocenters. The third-order valence-corrected chi connectivity index (χ3v) is 4.70. The van der Waals surface area contributed by atoms with Crippen molar-refractivity contribution in [2.24, 2.45) is 13.0 Å². The van der Waals surface area contributed by atoms with Crippen LogP contribution in [0, 0.1) is 23.0 Å². The van der Waals surface area contributed by atoms with Crippen molar-refractivity contribution < 1.29 is 10.0 Å². The number of benzene rings is 1. The lowest BCUT2D eigenvalue weighted by Crippen LogP contribution is -2.38. The van der Waals surface area contributed by atoms with E-state index in [1.165, 1.54) is 0 Å². The standard InChI is InChI=1S/C17H22N4O3/c1-12-5-6-14(15(10-12)21(23)24)20-8-3-4-13(11-20)16(22)17-18-7-9-19(17)2/h5-7,9-10,13,16,22H,3-4,8,11H2,1-2H3. The van der Waals surface area contributed by atoms with Crippen LogP contribution in [-0.2, 0) is 7.05 Å². The number of anilines is 1. The molecule has 24 heavy (non-hydrogen) atoms. The van der Waals surface area contributed by atoms with Gasteiger partial charge in [0.05, 0.1) is 4.92 Å². The molecule has 0 bridgehead atoms. The summed E-state index contributed by atoms with van der Waals surface area (Å²) in [6.07, 6.45) is 4.58. The molecule has 0 amide bonds. The van der Waals surface area contributed by atoms with Crippen molar-refractivity contribution in [3.05, 3.63) is 52.1 Å². The van der Waals surface area contributed by atoms with Crippen LogP contribution in [0.5, 0.6) is 0 Å². The van der Waals surface area contributed by atoms with Gasteiger partial charge in [-0.2, -0.15) is 0 Å². The molecule has 0 radical (unpaired) electrons. The molecule has 1 aromatic carbocycles. The summed E-state index contributed by atoms with van der Waals surface area (Å²) in [5, 5.41) is 22.0. The Kier molecular flexibility index (Phi) is 4.53. The first kappa shape index (κ1) is 16.4. The van der Waals surface area contributed by atoms with E-state index in [0.717, 1.165) is 24.9 Å². The SMILES string of the molecule is Cc1ccc(N2CCCC(C(O)c3nccn3C)C2)c([N+](=O)[O-])c1. The highest BCUT2D eigenvalue weighted by Gasteiger charge is 2.31. The van der Waals surface area contributed by atoms with Gasteiger partial charge >= 0.3 is 0 Å². The minimum absolute atomic E-state index is 0.000701. The van der Waals surface area contributed by atoms with Gasteiger partial charge in [0.2, 0.25) is 0 Å². The third-order valence-electron chi connectivity index (χ3n) is 4.70. The summed E-state index contributed by atoms with van der Waals surface area (Å²) < 4.78 is 1.82.